The maximum absolute atomic E-state index is 12.0. The molecule has 2 rings (SSSR count). The summed E-state index contributed by atoms with van der Waals surface area (Å²) in [5, 5.41) is 8.34. The fourth-order valence-electron chi connectivity index (χ4n) is 1.78. The zero-order valence-corrected chi connectivity index (χ0v) is 13.3. The van der Waals surface area contributed by atoms with E-state index in [1.165, 1.54) is 0 Å². The van der Waals surface area contributed by atoms with Gasteiger partial charge in [-0.15, -0.1) is 0 Å². The summed E-state index contributed by atoms with van der Waals surface area (Å²) in [6, 6.07) is 11.4. The van der Waals surface area contributed by atoms with Crippen molar-refractivity contribution in [2.45, 2.75) is 19.5 Å². The Morgan fingerprint density at radius 1 is 1.17 bits per heavy atom. The highest BCUT2D eigenvalue weighted by Crippen LogP contribution is 2.06. The number of rotatable bonds is 5. The van der Waals surface area contributed by atoms with E-state index in [-0.39, 0.29) is 5.91 Å². The predicted octanol–water partition coefficient (Wildman–Crippen LogP) is 2.56. The van der Waals surface area contributed by atoms with Crippen LogP contribution in [-0.2, 0) is 11.3 Å². The van der Waals surface area contributed by atoms with Gasteiger partial charge in [0, 0.05) is 18.4 Å². The van der Waals surface area contributed by atoms with Gasteiger partial charge in [0.25, 0.3) is 0 Å². The minimum absolute atomic E-state index is 0.292. The Morgan fingerprint density at radius 3 is 2.57 bits per heavy atom. The molecule has 0 aliphatic carbocycles. The number of anilines is 1. The predicted molar refractivity (Wildman–Crippen MR) is 89.2 cm³/mol. The largest absolute Gasteiger partial charge is 0.334 e. The third kappa shape index (κ3) is 5.60. The lowest BCUT2D eigenvalue weighted by atomic mass is 10.2. The molecule has 0 saturated heterocycles. The van der Waals surface area contributed by atoms with Crippen molar-refractivity contribution in [3.8, 4) is 0 Å². The van der Waals surface area contributed by atoms with E-state index in [1.54, 1.807) is 37.4 Å². The fraction of sp³-hybridized carbons (Fsp3) is 0.188. The van der Waals surface area contributed by atoms with Crippen LogP contribution in [0.15, 0.2) is 48.7 Å². The molecule has 120 valence electrons. The first-order chi connectivity index (χ1) is 11.0. The first kappa shape index (κ1) is 16.8. The molecule has 7 heteroatoms. The molecule has 0 aliphatic heterocycles. The van der Waals surface area contributed by atoms with Crippen molar-refractivity contribution >= 4 is 29.2 Å². The molecular formula is C16H17ClN4O2. The quantitative estimate of drug-likeness (QED) is 0.736. The minimum Gasteiger partial charge on any atom is -0.334 e. The molecule has 0 fully saturated rings. The number of carbonyl (C=O) groups excluding carboxylic acids is 2. The van der Waals surface area contributed by atoms with E-state index in [1.807, 2.05) is 18.2 Å². The molecule has 1 aromatic heterocycles. The maximum Gasteiger partial charge on any atom is 0.315 e. The SMILES string of the molecule is C[C@@H](NC(=O)NCc1ccc(Cl)nc1)C(=O)Nc1ccccc1. The lowest BCUT2D eigenvalue weighted by Crippen LogP contribution is -2.46. The second kappa shape index (κ2) is 8.14. The van der Waals surface area contributed by atoms with Crippen LogP contribution >= 0.6 is 11.6 Å². The highest BCUT2D eigenvalue weighted by atomic mass is 35.5. The van der Waals surface area contributed by atoms with Gasteiger partial charge in [0.15, 0.2) is 0 Å². The van der Waals surface area contributed by atoms with Crippen LogP contribution in [0, 0.1) is 0 Å². The van der Waals surface area contributed by atoms with Crippen LogP contribution in [0.25, 0.3) is 0 Å². The van der Waals surface area contributed by atoms with E-state index in [0.29, 0.717) is 17.4 Å². The maximum atomic E-state index is 12.0. The molecular weight excluding hydrogens is 316 g/mol. The number of pyridine rings is 1. The van der Waals surface area contributed by atoms with Gasteiger partial charge in [-0.25, -0.2) is 9.78 Å². The molecule has 0 saturated carbocycles. The molecule has 6 nitrogen and oxygen atoms in total. The van der Waals surface area contributed by atoms with Gasteiger partial charge in [0.05, 0.1) is 0 Å². The van der Waals surface area contributed by atoms with Gasteiger partial charge in [-0.1, -0.05) is 35.9 Å². The zero-order valence-electron chi connectivity index (χ0n) is 12.5. The van der Waals surface area contributed by atoms with E-state index in [2.05, 4.69) is 20.9 Å². The first-order valence-electron chi connectivity index (χ1n) is 7.05. The Labute approximate surface area is 139 Å². The van der Waals surface area contributed by atoms with Crippen molar-refractivity contribution < 1.29 is 9.59 Å². The Balaban J connectivity index is 1.77. The molecule has 23 heavy (non-hydrogen) atoms. The number of nitrogens with zero attached hydrogens (tertiary/aromatic N) is 1. The molecule has 0 unspecified atom stereocenters. The Hall–Kier alpha value is -2.60. The number of aromatic nitrogens is 1. The average molecular weight is 333 g/mol. The van der Waals surface area contributed by atoms with Gasteiger partial charge >= 0.3 is 6.03 Å². The first-order valence-corrected chi connectivity index (χ1v) is 7.43. The second-order valence-electron chi connectivity index (χ2n) is 4.89. The van der Waals surface area contributed by atoms with Crippen LogP contribution in [-0.4, -0.2) is 23.0 Å². The van der Waals surface area contributed by atoms with Crippen LogP contribution in [0.1, 0.15) is 12.5 Å². The molecule has 1 atom stereocenters. The number of hydrogen-bond acceptors (Lipinski definition) is 3. The van der Waals surface area contributed by atoms with Crippen LogP contribution in [0.4, 0.5) is 10.5 Å². The third-order valence-corrected chi connectivity index (χ3v) is 3.25. The number of nitrogens with one attached hydrogen (secondary N) is 3. The smallest absolute Gasteiger partial charge is 0.315 e. The van der Waals surface area contributed by atoms with Crippen molar-refractivity contribution in [2.24, 2.45) is 0 Å². The monoisotopic (exact) mass is 332 g/mol. The number of carbonyl (C=O) groups is 2. The van der Waals surface area contributed by atoms with E-state index >= 15 is 0 Å². The summed E-state index contributed by atoms with van der Waals surface area (Å²) in [5.41, 5.74) is 1.49. The van der Waals surface area contributed by atoms with Crippen LogP contribution in [0.5, 0.6) is 0 Å². The van der Waals surface area contributed by atoms with Crippen molar-refractivity contribution in [3.05, 3.63) is 59.4 Å². The summed E-state index contributed by atoms with van der Waals surface area (Å²) < 4.78 is 0. The zero-order chi connectivity index (χ0) is 16.7. The normalized spacial score (nSPS) is 11.4. The number of benzene rings is 1. The van der Waals surface area contributed by atoms with Crippen molar-refractivity contribution in [1.82, 2.24) is 15.6 Å². The summed E-state index contributed by atoms with van der Waals surface area (Å²) in [6.07, 6.45) is 1.58. The summed E-state index contributed by atoms with van der Waals surface area (Å²) in [7, 11) is 0. The lowest BCUT2D eigenvalue weighted by Gasteiger charge is -2.14. The molecule has 0 radical (unpaired) electrons. The van der Waals surface area contributed by atoms with Gasteiger partial charge in [0.2, 0.25) is 5.91 Å². The molecule has 0 spiro atoms. The minimum atomic E-state index is -0.668. The second-order valence-corrected chi connectivity index (χ2v) is 5.28. The average Bonchev–Trinajstić information content (AvgIpc) is 2.55. The summed E-state index contributed by atoms with van der Waals surface area (Å²) >= 11 is 5.69. The highest BCUT2D eigenvalue weighted by Gasteiger charge is 2.15. The van der Waals surface area contributed by atoms with E-state index < -0.39 is 12.1 Å². The van der Waals surface area contributed by atoms with Crippen LogP contribution in [0.3, 0.4) is 0 Å². The fourth-order valence-corrected chi connectivity index (χ4v) is 1.89. The van der Waals surface area contributed by atoms with E-state index in [0.717, 1.165) is 5.56 Å². The number of para-hydroxylation sites is 1. The van der Waals surface area contributed by atoms with E-state index in [9.17, 15) is 9.59 Å². The van der Waals surface area contributed by atoms with Gasteiger partial charge in [-0.05, 0) is 30.7 Å². The van der Waals surface area contributed by atoms with Crippen LogP contribution in [0.2, 0.25) is 5.15 Å². The van der Waals surface area contributed by atoms with Gasteiger partial charge < -0.3 is 16.0 Å². The standard InChI is InChI=1S/C16H17ClN4O2/c1-11(15(22)21-13-5-3-2-4-6-13)20-16(23)19-10-12-7-8-14(17)18-9-12/h2-9,11H,10H2,1H3,(H,21,22)(H2,19,20,23)/t11-/m1/s1. The summed E-state index contributed by atoms with van der Waals surface area (Å²) in [4.78, 5) is 27.7. The molecule has 3 amide bonds. The Morgan fingerprint density at radius 2 is 1.91 bits per heavy atom. The number of urea groups is 1. The van der Waals surface area contributed by atoms with Gasteiger partial charge in [0.1, 0.15) is 11.2 Å². The lowest BCUT2D eigenvalue weighted by molar-refractivity contribution is -0.117. The van der Waals surface area contributed by atoms with Crippen molar-refractivity contribution in [1.29, 1.82) is 0 Å². The molecule has 1 aromatic carbocycles. The van der Waals surface area contributed by atoms with Crippen LogP contribution < -0.4 is 16.0 Å². The molecule has 3 N–H and O–H groups in total. The molecule has 2 aromatic rings. The number of hydrogen-bond donors (Lipinski definition) is 3. The highest BCUT2D eigenvalue weighted by molar-refractivity contribution is 6.29. The summed E-state index contributed by atoms with van der Waals surface area (Å²) in [5.74, 6) is -0.292. The van der Waals surface area contributed by atoms with Crippen molar-refractivity contribution in [2.75, 3.05) is 5.32 Å². The molecule has 0 bridgehead atoms. The Bertz CT molecular complexity index is 662. The summed E-state index contributed by atoms with van der Waals surface area (Å²) in [6.45, 7) is 1.91. The van der Waals surface area contributed by atoms with Crippen molar-refractivity contribution in [3.63, 3.8) is 0 Å². The molecule has 0 aliphatic rings. The Kier molecular flexibility index (Phi) is 5.94. The molecule has 1 heterocycles. The van der Waals surface area contributed by atoms with Gasteiger partial charge in [-0.3, -0.25) is 4.79 Å². The topological polar surface area (TPSA) is 83.1 Å². The van der Waals surface area contributed by atoms with E-state index in [4.69, 9.17) is 11.6 Å². The number of amides is 3. The van der Waals surface area contributed by atoms with Gasteiger partial charge in [-0.2, -0.15) is 0 Å². The number of halogens is 1. The third-order valence-electron chi connectivity index (χ3n) is 3.02.